The molecule has 0 bridgehead atoms. The average molecular weight is 260 g/mol. The molecule has 3 nitrogen and oxygen atoms in total. The molecule has 0 spiro atoms. The molecule has 1 amide bonds. The number of nitrogen functional groups attached to an aromatic ring is 1. The molecule has 18 heavy (non-hydrogen) atoms. The minimum atomic E-state index is -4.31. The standard InChI is InChI=1S/C12H15F3N2O/c1-8(9-4-2-3-5-10(9)16)17-11(18)6-7-12(13,14)15/h2-5,8H,6-7,16H2,1H3,(H,17,18). The Morgan fingerprint density at radius 3 is 2.56 bits per heavy atom. The summed E-state index contributed by atoms with van der Waals surface area (Å²) in [5, 5.41) is 2.49. The van der Waals surface area contributed by atoms with Gasteiger partial charge < -0.3 is 11.1 Å². The van der Waals surface area contributed by atoms with Crippen LogP contribution in [0.3, 0.4) is 0 Å². The fourth-order valence-corrected chi connectivity index (χ4v) is 1.55. The molecule has 1 atom stereocenters. The van der Waals surface area contributed by atoms with Gasteiger partial charge in [0.25, 0.3) is 0 Å². The van der Waals surface area contributed by atoms with Crippen molar-refractivity contribution in [3.63, 3.8) is 0 Å². The second-order valence-corrected chi connectivity index (χ2v) is 4.03. The van der Waals surface area contributed by atoms with Crippen molar-refractivity contribution in [3.8, 4) is 0 Å². The molecule has 0 aliphatic carbocycles. The molecule has 6 heteroatoms. The largest absolute Gasteiger partial charge is 0.398 e. The highest BCUT2D eigenvalue weighted by Crippen LogP contribution is 2.22. The van der Waals surface area contributed by atoms with Gasteiger partial charge in [0.1, 0.15) is 0 Å². The van der Waals surface area contributed by atoms with Crippen LogP contribution >= 0.6 is 0 Å². The Hall–Kier alpha value is -1.72. The van der Waals surface area contributed by atoms with Gasteiger partial charge in [-0.1, -0.05) is 18.2 Å². The number of amides is 1. The van der Waals surface area contributed by atoms with Crippen LogP contribution in [0.15, 0.2) is 24.3 Å². The second-order valence-electron chi connectivity index (χ2n) is 4.03. The van der Waals surface area contributed by atoms with E-state index >= 15 is 0 Å². The smallest absolute Gasteiger partial charge is 0.389 e. The normalized spacial score (nSPS) is 13.1. The maximum Gasteiger partial charge on any atom is 0.389 e. The summed E-state index contributed by atoms with van der Waals surface area (Å²) >= 11 is 0. The van der Waals surface area contributed by atoms with E-state index in [4.69, 9.17) is 5.73 Å². The first-order valence-corrected chi connectivity index (χ1v) is 5.50. The van der Waals surface area contributed by atoms with Crippen molar-refractivity contribution in [1.29, 1.82) is 0 Å². The molecular weight excluding hydrogens is 245 g/mol. The van der Waals surface area contributed by atoms with Crippen LogP contribution in [0.1, 0.15) is 31.4 Å². The van der Waals surface area contributed by atoms with E-state index in [-0.39, 0.29) is 0 Å². The number of hydrogen-bond acceptors (Lipinski definition) is 2. The summed E-state index contributed by atoms with van der Waals surface area (Å²) in [6.45, 7) is 1.68. The number of carbonyl (C=O) groups excluding carboxylic acids is 1. The molecular formula is C12H15F3N2O. The summed E-state index contributed by atoms with van der Waals surface area (Å²) in [6.07, 6.45) is -6.00. The monoisotopic (exact) mass is 260 g/mol. The van der Waals surface area contributed by atoms with Crippen molar-refractivity contribution in [2.75, 3.05) is 5.73 Å². The Bertz CT molecular complexity index is 418. The van der Waals surface area contributed by atoms with Crippen LogP contribution in [-0.2, 0) is 4.79 Å². The molecule has 1 rings (SSSR count). The van der Waals surface area contributed by atoms with Gasteiger partial charge in [-0.15, -0.1) is 0 Å². The van der Waals surface area contributed by atoms with Crippen molar-refractivity contribution in [3.05, 3.63) is 29.8 Å². The first-order chi connectivity index (χ1) is 8.29. The van der Waals surface area contributed by atoms with Gasteiger partial charge in [-0.05, 0) is 18.6 Å². The van der Waals surface area contributed by atoms with Crippen LogP contribution in [0.2, 0.25) is 0 Å². The predicted octanol–water partition coefficient (Wildman–Crippen LogP) is 2.79. The number of benzene rings is 1. The van der Waals surface area contributed by atoms with Gasteiger partial charge in [0, 0.05) is 12.1 Å². The SMILES string of the molecule is CC(NC(=O)CCC(F)(F)F)c1ccccc1N. The van der Waals surface area contributed by atoms with E-state index in [9.17, 15) is 18.0 Å². The Morgan fingerprint density at radius 1 is 1.39 bits per heavy atom. The topological polar surface area (TPSA) is 55.1 Å². The molecule has 0 aromatic heterocycles. The van der Waals surface area contributed by atoms with Gasteiger partial charge >= 0.3 is 6.18 Å². The molecule has 0 saturated carbocycles. The molecule has 0 aliphatic rings. The maximum absolute atomic E-state index is 11.9. The molecule has 0 saturated heterocycles. The van der Waals surface area contributed by atoms with Crippen LogP contribution < -0.4 is 11.1 Å². The number of rotatable bonds is 4. The molecule has 1 unspecified atom stereocenters. The first kappa shape index (κ1) is 14.3. The van der Waals surface area contributed by atoms with E-state index in [0.29, 0.717) is 11.3 Å². The summed E-state index contributed by atoms with van der Waals surface area (Å²) in [7, 11) is 0. The van der Waals surface area contributed by atoms with E-state index in [1.54, 1.807) is 31.2 Å². The zero-order valence-corrected chi connectivity index (χ0v) is 9.92. The number of nitrogens with two attached hydrogens (primary N) is 1. The van der Waals surface area contributed by atoms with Crippen LogP contribution in [0.4, 0.5) is 18.9 Å². The molecule has 0 heterocycles. The van der Waals surface area contributed by atoms with Crippen molar-refractivity contribution >= 4 is 11.6 Å². The van der Waals surface area contributed by atoms with Gasteiger partial charge in [-0.25, -0.2) is 0 Å². The Balaban J connectivity index is 2.53. The molecule has 1 aromatic rings. The highest BCUT2D eigenvalue weighted by molar-refractivity contribution is 5.76. The zero-order valence-electron chi connectivity index (χ0n) is 9.92. The highest BCUT2D eigenvalue weighted by atomic mass is 19.4. The van der Waals surface area contributed by atoms with E-state index in [1.807, 2.05) is 0 Å². The van der Waals surface area contributed by atoms with E-state index < -0.39 is 31.0 Å². The molecule has 3 N–H and O–H groups in total. The predicted molar refractivity (Wildman–Crippen MR) is 62.7 cm³/mol. The lowest BCUT2D eigenvalue weighted by Gasteiger charge is -2.16. The first-order valence-electron chi connectivity index (χ1n) is 5.50. The summed E-state index contributed by atoms with van der Waals surface area (Å²) in [5.74, 6) is -0.636. The lowest BCUT2D eigenvalue weighted by atomic mass is 10.1. The van der Waals surface area contributed by atoms with Gasteiger partial charge in [0.2, 0.25) is 5.91 Å². The summed E-state index contributed by atoms with van der Waals surface area (Å²) in [6, 6.07) is 6.49. The molecule has 100 valence electrons. The summed E-state index contributed by atoms with van der Waals surface area (Å²) in [5.41, 5.74) is 6.90. The molecule has 0 fully saturated rings. The number of hydrogen-bond donors (Lipinski definition) is 2. The quantitative estimate of drug-likeness (QED) is 0.818. The van der Waals surface area contributed by atoms with Crippen molar-refractivity contribution in [1.82, 2.24) is 5.32 Å². The minimum absolute atomic E-state index is 0.410. The van der Waals surface area contributed by atoms with Crippen LogP contribution in [-0.4, -0.2) is 12.1 Å². The van der Waals surface area contributed by atoms with Crippen LogP contribution in [0, 0.1) is 0 Å². The Morgan fingerprint density at radius 2 is 2.00 bits per heavy atom. The van der Waals surface area contributed by atoms with Gasteiger partial charge in [0.05, 0.1) is 12.5 Å². The van der Waals surface area contributed by atoms with Gasteiger partial charge in [-0.3, -0.25) is 4.79 Å². The van der Waals surface area contributed by atoms with Gasteiger partial charge in [-0.2, -0.15) is 13.2 Å². The second kappa shape index (κ2) is 5.75. The molecule has 1 aromatic carbocycles. The van der Waals surface area contributed by atoms with E-state index in [2.05, 4.69) is 5.32 Å². The minimum Gasteiger partial charge on any atom is -0.398 e. The lowest BCUT2D eigenvalue weighted by Crippen LogP contribution is -2.28. The third kappa shape index (κ3) is 4.65. The van der Waals surface area contributed by atoms with Crippen molar-refractivity contribution in [2.24, 2.45) is 0 Å². The highest BCUT2D eigenvalue weighted by Gasteiger charge is 2.28. The third-order valence-corrected chi connectivity index (χ3v) is 2.48. The summed E-state index contributed by atoms with van der Waals surface area (Å²) < 4.78 is 35.8. The fourth-order valence-electron chi connectivity index (χ4n) is 1.55. The number of anilines is 1. The lowest BCUT2D eigenvalue weighted by molar-refractivity contribution is -0.144. The van der Waals surface area contributed by atoms with Crippen molar-refractivity contribution < 1.29 is 18.0 Å². The maximum atomic E-state index is 11.9. The van der Waals surface area contributed by atoms with E-state index in [0.717, 1.165) is 0 Å². The summed E-state index contributed by atoms with van der Waals surface area (Å²) in [4.78, 5) is 11.3. The number of halogens is 3. The third-order valence-electron chi connectivity index (χ3n) is 2.48. The fraction of sp³-hybridized carbons (Fsp3) is 0.417. The number of nitrogens with one attached hydrogen (secondary N) is 1. The molecule has 0 radical (unpaired) electrons. The number of para-hydroxylation sites is 1. The van der Waals surface area contributed by atoms with Crippen molar-refractivity contribution in [2.45, 2.75) is 32.0 Å². The molecule has 0 aliphatic heterocycles. The Labute approximate surface area is 103 Å². The van der Waals surface area contributed by atoms with Crippen LogP contribution in [0.25, 0.3) is 0 Å². The van der Waals surface area contributed by atoms with Crippen LogP contribution in [0.5, 0.6) is 0 Å². The van der Waals surface area contributed by atoms with E-state index in [1.165, 1.54) is 0 Å². The zero-order chi connectivity index (χ0) is 13.8. The van der Waals surface area contributed by atoms with Gasteiger partial charge in [0.15, 0.2) is 0 Å². The Kier molecular flexibility index (Phi) is 4.58. The number of carbonyl (C=O) groups is 1. The number of alkyl halides is 3. The average Bonchev–Trinajstić information content (AvgIpc) is 2.26.